The second-order valence-electron chi connectivity index (χ2n) is 5.88. The van der Waals surface area contributed by atoms with E-state index in [0.29, 0.717) is 6.42 Å². The van der Waals surface area contributed by atoms with E-state index in [1.165, 1.54) is 11.3 Å². The predicted octanol–water partition coefficient (Wildman–Crippen LogP) is 5.16. The van der Waals surface area contributed by atoms with Gasteiger partial charge in [-0.1, -0.05) is 12.1 Å². The van der Waals surface area contributed by atoms with E-state index in [9.17, 15) is 9.70 Å². The first-order valence-electron chi connectivity index (χ1n) is 7.96. The highest BCUT2D eigenvalue weighted by Crippen LogP contribution is 2.32. The van der Waals surface area contributed by atoms with Crippen LogP contribution in [0.25, 0.3) is 21.5 Å². The van der Waals surface area contributed by atoms with Crippen LogP contribution in [0, 0.1) is 18.8 Å². The standard InChI is InChI=1S/C18H19N3O2S/c1-4-5-16(22)17-11(3)21-18(24-17)12-6-7-15-13(8-12)14(9-19-23)10(2)20-15/h6-8,20H,4-5,9H2,1-3H3. The van der Waals surface area contributed by atoms with Crippen LogP contribution < -0.4 is 0 Å². The van der Waals surface area contributed by atoms with Gasteiger partial charge in [0.1, 0.15) is 11.6 Å². The lowest BCUT2D eigenvalue weighted by atomic mass is 10.1. The Labute approximate surface area is 144 Å². The van der Waals surface area contributed by atoms with E-state index in [1.807, 2.05) is 39.0 Å². The molecule has 1 N–H and O–H groups in total. The van der Waals surface area contributed by atoms with E-state index in [2.05, 4.69) is 15.1 Å². The Morgan fingerprint density at radius 1 is 1.33 bits per heavy atom. The molecule has 5 nitrogen and oxygen atoms in total. The van der Waals surface area contributed by atoms with Crippen molar-refractivity contribution in [2.24, 2.45) is 5.18 Å². The number of fused-ring (bicyclic) bond motifs is 1. The Balaban J connectivity index is 2.06. The van der Waals surface area contributed by atoms with Crippen LogP contribution in [0.4, 0.5) is 0 Å². The molecule has 2 heterocycles. The summed E-state index contributed by atoms with van der Waals surface area (Å²) in [6.45, 7) is 5.96. The van der Waals surface area contributed by atoms with Crippen molar-refractivity contribution in [2.45, 2.75) is 40.2 Å². The fourth-order valence-electron chi connectivity index (χ4n) is 2.90. The molecule has 0 atom stereocenters. The second kappa shape index (κ2) is 6.65. The minimum atomic E-state index is 0.145. The smallest absolute Gasteiger partial charge is 0.174 e. The minimum absolute atomic E-state index is 0.145. The van der Waals surface area contributed by atoms with Crippen molar-refractivity contribution < 1.29 is 4.79 Å². The van der Waals surface area contributed by atoms with Gasteiger partial charge < -0.3 is 4.98 Å². The minimum Gasteiger partial charge on any atom is -0.358 e. The molecule has 6 heteroatoms. The second-order valence-corrected chi connectivity index (χ2v) is 6.88. The van der Waals surface area contributed by atoms with Crippen molar-refractivity contribution >= 4 is 28.0 Å². The zero-order valence-electron chi connectivity index (χ0n) is 14.0. The molecular formula is C18H19N3O2S. The fourth-order valence-corrected chi connectivity index (χ4v) is 3.93. The SMILES string of the molecule is CCCC(=O)c1sc(-c2ccc3[nH]c(C)c(CN=O)c3c2)nc1C. The fraction of sp³-hybridized carbons (Fsp3) is 0.333. The maximum atomic E-state index is 12.2. The van der Waals surface area contributed by atoms with E-state index in [-0.39, 0.29) is 12.3 Å². The lowest BCUT2D eigenvalue weighted by molar-refractivity contribution is 0.0985. The molecule has 0 bridgehead atoms. The van der Waals surface area contributed by atoms with Gasteiger partial charge in [0.15, 0.2) is 5.78 Å². The number of aryl methyl sites for hydroxylation is 2. The number of carbonyl (C=O) groups excluding carboxylic acids is 1. The van der Waals surface area contributed by atoms with Gasteiger partial charge in [0.2, 0.25) is 0 Å². The highest BCUT2D eigenvalue weighted by atomic mass is 32.1. The van der Waals surface area contributed by atoms with E-state index < -0.39 is 0 Å². The number of carbonyl (C=O) groups is 1. The van der Waals surface area contributed by atoms with Crippen molar-refractivity contribution in [2.75, 3.05) is 0 Å². The Morgan fingerprint density at radius 2 is 2.12 bits per heavy atom. The molecule has 0 aliphatic carbocycles. The average molecular weight is 341 g/mol. The number of hydrogen-bond donors (Lipinski definition) is 1. The molecule has 0 fully saturated rings. The first kappa shape index (κ1) is 16.5. The van der Waals surface area contributed by atoms with Gasteiger partial charge >= 0.3 is 0 Å². The van der Waals surface area contributed by atoms with Crippen LogP contribution >= 0.6 is 11.3 Å². The van der Waals surface area contributed by atoms with Gasteiger partial charge in [-0.25, -0.2) is 4.98 Å². The van der Waals surface area contributed by atoms with Gasteiger partial charge in [0, 0.05) is 34.1 Å². The molecular weight excluding hydrogens is 322 g/mol. The highest BCUT2D eigenvalue weighted by molar-refractivity contribution is 7.17. The summed E-state index contributed by atoms with van der Waals surface area (Å²) in [5.74, 6) is 0.156. The summed E-state index contributed by atoms with van der Waals surface area (Å²) in [5.41, 5.74) is 4.59. The lowest BCUT2D eigenvalue weighted by Crippen LogP contribution is -1.96. The third-order valence-electron chi connectivity index (χ3n) is 4.12. The van der Waals surface area contributed by atoms with Crippen molar-refractivity contribution in [1.82, 2.24) is 9.97 Å². The number of benzene rings is 1. The first-order valence-corrected chi connectivity index (χ1v) is 8.78. The molecule has 0 aliphatic rings. The number of H-pyrrole nitrogens is 1. The molecule has 0 spiro atoms. The third kappa shape index (κ3) is 2.89. The summed E-state index contributed by atoms with van der Waals surface area (Å²) in [4.78, 5) is 31.5. The number of hydrogen-bond acceptors (Lipinski definition) is 5. The van der Waals surface area contributed by atoms with Crippen molar-refractivity contribution in [3.05, 3.63) is 44.9 Å². The summed E-state index contributed by atoms with van der Waals surface area (Å²) in [7, 11) is 0. The number of nitrogens with zero attached hydrogens (tertiary/aromatic N) is 2. The molecule has 0 saturated heterocycles. The molecule has 0 aliphatic heterocycles. The molecule has 0 unspecified atom stereocenters. The number of nitrogens with one attached hydrogen (secondary N) is 1. The zero-order valence-corrected chi connectivity index (χ0v) is 14.8. The summed E-state index contributed by atoms with van der Waals surface area (Å²) >= 11 is 1.44. The molecule has 124 valence electrons. The van der Waals surface area contributed by atoms with Crippen LogP contribution in [0.1, 0.15) is 46.4 Å². The molecule has 24 heavy (non-hydrogen) atoms. The summed E-state index contributed by atoms with van der Waals surface area (Å²) in [5, 5.41) is 4.84. The quantitative estimate of drug-likeness (QED) is 0.497. The van der Waals surface area contributed by atoms with Gasteiger partial charge in [-0.15, -0.1) is 11.3 Å². The van der Waals surface area contributed by atoms with Gasteiger partial charge in [0.25, 0.3) is 0 Å². The topological polar surface area (TPSA) is 75.2 Å². The zero-order chi connectivity index (χ0) is 17.3. The molecule has 0 saturated carbocycles. The van der Waals surface area contributed by atoms with Crippen LogP contribution in [0.15, 0.2) is 23.4 Å². The van der Waals surface area contributed by atoms with Crippen molar-refractivity contribution in [3.63, 3.8) is 0 Å². The normalized spacial score (nSPS) is 11.1. The van der Waals surface area contributed by atoms with Crippen molar-refractivity contribution in [3.8, 4) is 10.6 Å². The van der Waals surface area contributed by atoms with E-state index in [4.69, 9.17) is 0 Å². The van der Waals surface area contributed by atoms with Crippen LogP contribution in [0.5, 0.6) is 0 Å². The molecule has 3 rings (SSSR count). The first-order chi connectivity index (χ1) is 11.5. The summed E-state index contributed by atoms with van der Waals surface area (Å²) in [6.07, 6.45) is 1.38. The van der Waals surface area contributed by atoms with Crippen LogP contribution in [-0.2, 0) is 6.54 Å². The van der Waals surface area contributed by atoms with E-state index in [1.54, 1.807) is 0 Å². The van der Waals surface area contributed by atoms with Crippen molar-refractivity contribution in [1.29, 1.82) is 0 Å². The summed E-state index contributed by atoms with van der Waals surface area (Å²) < 4.78 is 0. The van der Waals surface area contributed by atoms with Gasteiger partial charge in [0.05, 0.1) is 10.6 Å². The number of nitroso groups, excluding NO2 is 1. The molecule has 2 aromatic heterocycles. The van der Waals surface area contributed by atoms with Gasteiger partial charge in [-0.05, 0) is 38.5 Å². The summed E-state index contributed by atoms with van der Waals surface area (Å²) in [6, 6.07) is 5.99. The lowest BCUT2D eigenvalue weighted by Gasteiger charge is -1.99. The number of aromatic amines is 1. The van der Waals surface area contributed by atoms with Crippen LogP contribution in [0.2, 0.25) is 0 Å². The number of Topliss-reactive ketones (excluding diaryl/α,β-unsaturated/α-hetero) is 1. The average Bonchev–Trinajstić information content (AvgIpc) is 3.08. The van der Waals surface area contributed by atoms with E-state index in [0.717, 1.165) is 49.7 Å². The third-order valence-corrected chi connectivity index (χ3v) is 5.36. The maximum absolute atomic E-state index is 12.2. The Kier molecular flexibility index (Phi) is 4.57. The number of thiazole rings is 1. The predicted molar refractivity (Wildman–Crippen MR) is 97.6 cm³/mol. The molecule has 1 aromatic carbocycles. The van der Waals surface area contributed by atoms with E-state index >= 15 is 0 Å². The Hall–Kier alpha value is -2.34. The van der Waals surface area contributed by atoms with Crippen LogP contribution in [0.3, 0.4) is 0 Å². The number of ketones is 1. The Morgan fingerprint density at radius 3 is 2.83 bits per heavy atom. The van der Waals surface area contributed by atoms with Gasteiger partial charge in [-0.3, -0.25) is 4.79 Å². The monoisotopic (exact) mass is 341 g/mol. The highest BCUT2D eigenvalue weighted by Gasteiger charge is 2.16. The number of aromatic nitrogens is 2. The maximum Gasteiger partial charge on any atom is 0.174 e. The number of rotatable bonds is 6. The largest absolute Gasteiger partial charge is 0.358 e. The molecule has 0 amide bonds. The van der Waals surface area contributed by atoms with Crippen LogP contribution in [-0.4, -0.2) is 15.8 Å². The molecule has 0 radical (unpaired) electrons. The van der Waals surface area contributed by atoms with Gasteiger partial charge in [-0.2, -0.15) is 4.91 Å². The Bertz CT molecular complexity index is 924. The molecule has 3 aromatic rings.